The van der Waals surface area contributed by atoms with E-state index < -0.39 is 40.5 Å². The summed E-state index contributed by atoms with van der Waals surface area (Å²) < 4.78 is -0.551. The fourth-order valence-corrected chi connectivity index (χ4v) is 4.30. The molecule has 0 heterocycles. The molecule has 0 bridgehead atoms. The molecule has 3 atom stereocenters. The van der Waals surface area contributed by atoms with Crippen molar-refractivity contribution in [3.63, 3.8) is 0 Å². The molecule has 0 aromatic heterocycles. The summed E-state index contributed by atoms with van der Waals surface area (Å²) in [5, 5.41) is 30.7. The number of allylic oxidation sites excluding steroid dienone is 2. The minimum absolute atomic E-state index is 0.170. The number of carbonyl (C=O) groups excluding carboxylic acids is 1. The quantitative estimate of drug-likeness (QED) is 0.179. The van der Waals surface area contributed by atoms with E-state index in [9.17, 15) is 29.7 Å². The molecule has 180 valence electrons. The van der Waals surface area contributed by atoms with Crippen LogP contribution in [0.3, 0.4) is 0 Å². The zero-order valence-electron chi connectivity index (χ0n) is 19.8. The van der Waals surface area contributed by atoms with Gasteiger partial charge in [-0.25, -0.2) is 9.59 Å². The molecule has 31 heavy (non-hydrogen) atoms. The Bertz CT molecular complexity index is 524. The van der Waals surface area contributed by atoms with Gasteiger partial charge in [-0.3, -0.25) is 4.48 Å². The normalized spacial score (nSPS) is 16.5. The highest BCUT2D eigenvalue weighted by Crippen LogP contribution is 2.27. The van der Waals surface area contributed by atoms with E-state index in [1.54, 1.807) is 0 Å². The highest BCUT2D eigenvalue weighted by molar-refractivity contribution is 5.76. The van der Waals surface area contributed by atoms with Gasteiger partial charge in [-0.1, -0.05) is 51.2 Å². The maximum absolute atomic E-state index is 11.7. The van der Waals surface area contributed by atoms with Crippen LogP contribution in [0.1, 0.15) is 98.3 Å². The number of nitrogens with zero attached hydrogens (tertiary/aromatic N) is 1. The smallest absolute Gasteiger partial charge is 0.362 e. The van der Waals surface area contributed by atoms with E-state index in [1.807, 2.05) is 0 Å². The highest BCUT2D eigenvalue weighted by atomic mass is 16.4. The molecule has 7 heteroatoms. The lowest BCUT2D eigenvalue weighted by Crippen LogP contribution is -2.72. The molecule has 0 amide bonds. The maximum Gasteiger partial charge on any atom is 0.362 e. The maximum atomic E-state index is 11.7. The molecule has 3 unspecified atom stereocenters. The Labute approximate surface area is 187 Å². The Kier molecular flexibility index (Phi) is 14.9. The van der Waals surface area contributed by atoms with Crippen molar-refractivity contribution in [3.8, 4) is 0 Å². The summed E-state index contributed by atoms with van der Waals surface area (Å²) in [5.41, 5.74) is 0. The summed E-state index contributed by atoms with van der Waals surface area (Å²) >= 11 is 0. The first-order chi connectivity index (χ1) is 14.6. The van der Waals surface area contributed by atoms with Gasteiger partial charge in [-0.2, -0.15) is 0 Å². The molecule has 0 aromatic carbocycles. The second-order valence-electron chi connectivity index (χ2n) is 8.62. The Morgan fingerprint density at radius 1 is 0.742 bits per heavy atom. The van der Waals surface area contributed by atoms with Crippen LogP contribution in [0.2, 0.25) is 0 Å². The van der Waals surface area contributed by atoms with Crippen molar-refractivity contribution >= 4 is 17.9 Å². The zero-order chi connectivity index (χ0) is 23.9. The third-order valence-electron chi connectivity index (χ3n) is 6.53. The van der Waals surface area contributed by atoms with Gasteiger partial charge in [0.05, 0.1) is 12.5 Å². The minimum Gasteiger partial charge on any atom is -0.544 e. The zero-order valence-corrected chi connectivity index (χ0v) is 19.8. The van der Waals surface area contributed by atoms with E-state index in [-0.39, 0.29) is 6.54 Å². The van der Waals surface area contributed by atoms with Gasteiger partial charge in [-0.15, -0.1) is 0 Å². The van der Waals surface area contributed by atoms with Crippen LogP contribution in [0.25, 0.3) is 0 Å². The largest absolute Gasteiger partial charge is 0.544 e. The SMILES string of the molecule is CCCCCCC/C=C/CCCCCC[N+](C(C)C(=O)[O-])(C(C)C(=O)O)C(C)C(=O)O. The van der Waals surface area contributed by atoms with E-state index in [1.165, 1.54) is 52.9 Å². The topological polar surface area (TPSA) is 115 Å². The van der Waals surface area contributed by atoms with Gasteiger partial charge in [0.25, 0.3) is 0 Å². The summed E-state index contributed by atoms with van der Waals surface area (Å²) in [7, 11) is 0. The first-order valence-corrected chi connectivity index (χ1v) is 11.8. The molecule has 2 N–H and O–H groups in total. The van der Waals surface area contributed by atoms with Crippen LogP contribution < -0.4 is 5.11 Å². The van der Waals surface area contributed by atoms with Gasteiger partial charge in [0.2, 0.25) is 0 Å². The molecular formula is C24H43NO6. The molecule has 0 saturated heterocycles. The highest BCUT2D eigenvalue weighted by Gasteiger charge is 2.50. The molecule has 0 spiro atoms. The van der Waals surface area contributed by atoms with E-state index in [4.69, 9.17) is 0 Å². The Hall–Kier alpha value is -1.89. The van der Waals surface area contributed by atoms with Crippen molar-refractivity contribution in [3.05, 3.63) is 12.2 Å². The molecule has 0 aromatic rings. The van der Waals surface area contributed by atoms with Gasteiger partial charge in [0.15, 0.2) is 12.1 Å². The third-order valence-corrected chi connectivity index (χ3v) is 6.53. The number of aliphatic carboxylic acids is 3. The average molecular weight is 442 g/mol. The predicted octanol–water partition coefficient (Wildman–Crippen LogP) is 3.76. The van der Waals surface area contributed by atoms with Crippen molar-refractivity contribution in [2.24, 2.45) is 0 Å². The van der Waals surface area contributed by atoms with E-state index in [0.29, 0.717) is 6.42 Å². The number of carboxylic acids is 3. The van der Waals surface area contributed by atoms with Crippen molar-refractivity contribution in [2.75, 3.05) is 6.54 Å². The summed E-state index contributed by atoms with van der Waals surface area (Å²) in [4.78, 5) is 35.0. The number of rotatable bonds is 19. The molecule has 0 aliphatic rings. The van der Waals surface area contributed by atoms with Crippen LogP contribution in [0.15, 0.2) is 12.2 Å². The molecule has 0 fully saturated rings. The standard InChI is InChI=1S/C24H43NO6/c1-5-6-7-8-9-10-11-12-13-14-15-16-17-18-25(19(2)22(26)27,20(3)23(28)29)21(4)24(30)31/h11-12,19-21H,5-10,13-18H2,1-4H3,(H2-,26,27,28,29,30,31)/b12-11+. The summed E-state index contributed by atoms with van der Waals surface area (Å²) in [6.45, 7) is 6.50. The lowest BCUT2D eigenvalue weighted by atomic mass is 10.00. The summed E-state index contributed by atoms with van der Waals surface area (Å²) in [6.07, 6.45) is 16.2. The first kappa shape index (κ1) is 29.1. The molecule has 7 nitrogen and oxygen atoms in total. The molecule has 0 aliphatic heterocycles. The monoisotopic (exact) mass is 441 g/mol. The third kappa shape index (κ3) is 9.85. The summed E-state index contributed by atoms with van der Waals surface area (Å²) in [5.74, 6) is -3.84. The minimum atomic E-state index is -1.43. The number of hydrogen-bond acceptors (Lipinski definition) is 4. The van der Waals surface area contributed by atoms with Crippen molar-refractivity contribution < 1.29 is 34.2 Å². The summed E-state index contributed by atoms with van der Waals surface area (Å²) in [6, 6.07) is -3.57. The number of unbranched alkanes of at least 4 members (excludes halogenated alkanes) is 9. The second-order valence-corrected chi connectivity index (χ2v) is 8.62. The van der Waals surface area contributed by atoms with Gasteiger partial charge >= 0.3 is 11.9 Å². The number of quaternary nitrogens is 1. The molecule has 0 rings (SSSR count). The van der Waals surface area contributed by atoms with Crippen molar-refractivity contribution in [2.45, 2.75) is 116 Å². The molecule has 0 radical (unpaired) electrons. The first-order valence-electron chi connectivity index (χ1n) is 11.8. The average Bonchev–Trinajstić information content (AvgIpc) is 2.72. The second kappa shape index (κ2) is 15.8. The lowest BCUT2D eigenvalue weighted by Gasteiger charge is -2.49. The molecule has 0 saturated carbocycles. The number of carbonyl (C=O) groups is 3. The molecular weight excluding hydrogens is 398 g/mol. The van der Waals surface area contributed by atoms with Gasteiger partial charge in [0.1, 0.15) is 6.04 Å². The Morgan fingerprint density at radius 3 is 1.55 bits per heavy atom. The van der Waals surface area contributed by atoms with E-state index >= 15 is 0 Å². The van der Waals surface area contributed by atoms with Crippen LogP contribution in [0, 0.1) is 0 Å². The van der Waals surface area contributed by atoms with Crippen molar-refractivity contribution in [1.29, 1.82) is 0 Å². The van der Waals surface area contributed by atoms with Crippen LogP contribution in [-0.4, -0.2) is 57.3 Å². The lowest BCUT2D eigenvalue weighted by molar-refractivity contribution is -0.969. The van der Waals surface area contributed by atoms with Gasteiger partial charge < -0.3 is 20.1 Å². The van der Waals surface area contributed by atoms with Crippen LogP contribution >= 0.6 is 0 Å². The van der Waals surface area contributed by atoms with Crippen molar-refractivity contribution in [1.82, 2.24) is 0 Å². The van der Waals surface area contributed by atoms with Crippen LogP contribution in [-0.2, 0) is 14.4 Å². The van der Waals surface area contributed by atoms with Crippen LogP contribution in [0.4, 0.5) is 0 Å². The van der Waals surface area contributed by atoms with Crippen LogP contribution in [0.5, 0.6) is 0 Å². The van der Waals surface area contributed by atoms with E-state index in [2.05, 4.69) is 19.1 Å². The van der Waals surface area contributed by atoms with E-state index in [0.717, 1.165) is 32.1 Å². The predicted molar refractivity (Wildman–Crippen MR) is 119 cm³/mol. The number of carboxylic acid groups (broad SMARTS) is 3. The Balaban J connectivity index is 4.67. The number of hydrogen-bond donors (Lipinski definition) is 2. The van der Waals surface area contributed by atoms with Gasteiger partial charge in [-0.05, 0) is 59.3 Å². The molecule has 0 aliphatic carbocycles. The van der Waals surface area contributed by atoms with Gasteiger partial charge in [0, 0.05) is 0 Å². The fraction of sp³-hybridized carbons (Fsp3) is 0.792. The Morgan fingerprint density at radius 2 is 1.16 bits per heavy atom. The fourth-order valence-electron chi connectivity index (χ4n) is 4.30.